The summed E-state index contributed by atoms with van der Waals surface area (Å²) in [5.74, 6) is -2.19. The van der Waals surface area contributed by atoms with Crippen molar-refractivity contribution < 1.29 is 18.7 Å². The van der Waals surface area contributed by atoms with Gasteiger partial charge in [-0.25, -0.2) is 8.78 Å². The molecule has 3 aromatic rings. The molecule has 0 atom stereocenters. The molecule has 3 aromatic carbocycles. The van der Waals surface area contributed by atoms with E-state index in [1.807, 2.05) is 7.05 Å². The van der Waals surface area contributed by atoms with Gasteiger partial charge in [0.2, 0.25) is 0 Å². The van der Waals surface area contributed by atoms with E-state index in [9.17, 15) is 28.3 Å². The second kappa shape index (κ2) is 8.39. The molecule has 3 N–H and O–H groups in total. The Hall–Kier alpha value is -3.79. The summed E-state index contributed by atoms with van der Waals surface area (Å²) < 4.78 is 27.0. The molecule has 1 amide bonds. The van der Waals surface area contributed by atoms with Gasteiger partial charge in [-0.3, -0.25) is 14.4 Å². The normalized spacial score (nSPS) is 14.5. The molecule has 1 aliphatic rings. The highest BCUT2D eigenvalue weighted by atomic mass is 19.1. The number of nitrogens with zero attached hydrogens (tertiary/aromatic N) is 2. The van der Waals surface area contributed by atoms with Crippen LogP contribution in [0, 0.1) is 11.6 Å². The minimum Gasteiger partial charge on any atom is -0.506 e. The van der Waals surface area contributed by atoms with Gasteiger partial charge in [-0.05, 0) is 37.4 Å². The van der Waals surface area contributed by atoms with E-state index in [2.05, 4.69) is 15.5 Å². The lowest BCUT2D eigenvalue weighted by atomic mass is 10.1. The van der Waals surface area contributed by atoms with E-state index in [1.54, 1.807) is 4.90 Å². The molecule has 0 unspecified atom stereocenters. The number of piperazine rings is 1. The largest absolute Gasteiger partial charge is 0.506 e. The van der Waals surface area contributed by atoms with Gasteiger partial charge in [-0.15, -0.1) is 0 Å². The lowest BCUT2D eigenvalue weighted by Gasteiger charge is -2.32. The van der Waals surface area contributed by atoms with Gasteiger partial charge in [-0.2, -0.15) is 0 Å². The van der Waals surface area contributed by atoms with E-state index in [1.165, 1.54) is 18.2 Å². The Bertz CT molecular complexity index is 1260. The number of likely N-dealkylation sites (N-methyl/N-ethyl adjacent to an activating group) is 1. The smallest absolute Gasteiger partial charge is 0.254 e. The average molecular weight is 442 g/mol. The number of phenolic OH excluding ortho intramolecular Hbond substituents is 1. The van der Waals surface area contributed by atoms with Crippen molar-refractivity contribution in [2.75, 3.05) is 43.9 Å². The number of benzene rings is 2. The summed E-state index contributed by atoms with van der Waals surface area (Å²) in [6.07, 6.45) is 0. The number of rotatable bonds is 5. The first kappa shape index (κ1) is 21.4. The molecule has 0 aromatic heterocycles. The van der Waals surface area contributed by atoms with E-state index < -0.39 is 22.5 Å². The van der Waals surface area contributed by atoms with E-state index in [0.29, 0.717) is 24.7 Å². The van der Waals surface area contributed by atoms with Crippen LogP contribution in [0.15, 0.2) is 46.0 Å². The number of halogens is 2. The van der Waals surface area contributed by atoms with Gasteiger partial charge in [0.05, 0.1) is 11.4 Å². The molecule has 32 heavy (non-hydrogen) atoms. The average Bonchev–Trinajstić information content (AvgIpc) is 2.78. The second-order valence-corrected chi connectivity index (χ2v) is 7.61. The number of amides is 1. The van der Waals surface area contributed by atoms with Crippen molar-refractivity contribution in [3.63, 3.8) is 0 Å². The van der Waals surface area contributed by atoms with E-state index in [0.717, 1.165) is 25.2 Å². The minimum atomic E-state index is -0.938. The fraction of sp³-hybridized carbons (Fsp3) is 0.227. The van der Waals surface area contributed by atoms with Gasteiger partial charge in [-0.1, -0.05) is 0 Å². The Morgan fingerprint density at radius 1 is 0.906 bits per heavy atom. The van der Waals surface area contributed by atoms with Crippen molar-refractivity contribution in [1.29, 1.82) is 0 Å². The van der Waals surface area contributed by atoms with Gasteiger partial charge in [0, 0.05) is 37.8 Å². The second-order valence-electron chi connectivity index (χ2n) is 7.61. The van der Waals surface area contributed by atoms with Gasteiger partial charge >= 0.3 is 0 Å². The van der Waals surface area contributed by atoms with Crippen LogP contribution in [0.25, 0.3) is 0 Å². The van der Waals surface area contributed by atoms with Crippen LogP contribution < -0.4 is 21.5 Å². The quantitative estimate of drug-likeness (QED) is 0.411. The molecule has 8 nitrogen and oxygen atoms in total. The number of hydrogen-bond acceptors (Lipinski definition) is 7. The first-order valence-corrected chi connectivity index (χ1v) is 9.88. The van der Waals surface area contributed by atoms with Crippen LogP contribution in [0.2, 0.25) is 0 Å². The van der Waals surface area contributed by atoms with Crippen molar-refractivity contribution >= 4 is 28.7 Å². The number of aromatic hydroxyl groups is 1. The zero-order chi connectivity index (χ0) is 23.0. The summed E-state index contributed by atoms with van der Waals surface area (Å²) in [6.45, 7) is 2.61. The van der Waals surface area contributed by atoms with Crippen LogP contribution in [0.3, 0.4) is 0 Å². The van der Waals surface area contributed by atoms with Crippen LogP contribution in [0.5, 0.6) is 5.75 Å². The van der Waals surface area contributed by atoms with E-state index in [-0.39, 0.29) is 34.4 Å². The Balaban J connectivity index is 1.58. The molecule has 0 spiro atoms. The minimum absolute atomic E-state index is 0.0414. The molecular formula is C22H20F2N4O4. The third kappa shape index (κ3) is 4.04. The number of carbonyl (C=O) groups excluding carboxylic acids is 1. The summed E-state index contributed by atoms with van der Waals surface area (Å²) in [6, 6.07) is 6.90. The summed E-state index contributed by atoms with van der Waals surface area (Å²) in [5, 5.41) is 15.3. The van der Waals surface area contributed by atoms with Crippen molar-refractivity contribution in [2.24, 2.45) is 0 Å². The standard InChI is InChI=1S/C22H20F2N4O4/c1-27-6-8-28(9-7-27)22(32)12-2-5-17(29)16(10-12)26-19-18(20(30)21(19)31)25-15-4-3-13(23)11-14(15)24/h2-5,10-11,25-26,29H,6-9H2,1H3. The maximum atomic E-state index is 13.9. The fourth-order valence-electron chi connectivity index (χ4n) is 3.45. The SMILES string of the molecule is CN1CCN(C(=O)c2ccc(O)c(Nc3c(Nc4ccc(F)cc4F)c(=O)c3=O)c2)CC1. The summed E-state index contributed by atoms with van der Waals surface area (Å²) in [7, 11) is 1.97. The van der Waals surface area contributed by atoms with Crippen LogP contribution >= 0.6 is 0 Å². The predicted molar refractivity (Wildman–Crippen MR) is 116 cm³/mol. The highest BCUT2D eigenvalue weighted by Gasteiger charge is 2.25. The topological polar surface area (TPSA) is 102 Å². The molecule has 0 aliphatic carbocycles. The molecule has 4 rings (SSSR count). The predicted octanol–water partition coefficient (Wildman–Crippen LogP) is 2.14. The van der Waals surface area contributed by atoms with Crippen molar-refractivity contribution in [1.82, 2.24) is 9.80 Å². The maximum absolute atomic E-state index is 13.9. The summed E-state index contributed by atoms with van der Waals surface area (Å²) >= 11 is 0. The highest BCUT2D eigenvalue weighted by Crippen LogP contribution is 2.31. The lowest BCUT2D eigenvalue weighted by Crippen LogP contribution is -2.47. The molecular weight excluding hydrogens is 422 g/mol. The Labute approximate surface area is 181 Å². The Kier molecular flexibility index (Phi) is 5.62. The number of nitrogens with one attached hydrogen (secondary N) is 2. The first-order valence-electron chi connectivity index (χ1n) is 9.88. The lowest BCUT2D eigenvalue weighted by molar-refractivity contribution is 0.0664. The van der Waals surface area contributed by atoms with Crippen LogP contribution in [0.4, 0.5) is 31.5 Å². The summed E-state index contributed by atoms with van der Waals surface area (Å²) in [5.41, 5.74) is -2.03. The monoisotopic (exact) mass is 442 g/mol. The number of anilines is 4. The third-order valence-corrected chi connectivity index (χ3v) is 5.39. The van der Waals surface area contributed by atoms with Gasteiger partial charge in [0.15, 0.2) is 0 Å². The zero-order valence-electron chi connectivity index (χ0n) is 17.1. The molecule has 166 valence electrons. The fourth-order valence-corrected chi connectivity index (χ4v) is 3.45. The molecule has 0 radical (unpaired) electrons. The zero-order valence-corrected chi connectivity index (χ0v) is 17.1. The van der Waals surface area contributed by atoms with Crippen LogP contribution in [-0.2, 0) is 0 Å². The van der Waals surface area contributed by atoms with E-state index in [4.69, 9.17) is 0 Å². The highest BCUT2D eigenvalue weighted by molar-refractivity contribution is 5.96. The molecule has 1 saturated heterocycles. The molecule has 10 heteroatoms. The number of hydrogen-bond donors (Lipinski definition) is 3. The third-order valence-electron chi connectivity index (χ3n) is 5.39. The maximum Gasteiger partial charge on any atom is 0.254 e. The Morgan fingerprint density at radius 2 is 1.53 bits per heavy atom. The molecule has 0 saturated carbocycles. The van der Waals surface area contributed by atoms with Gasteiger partial charge in [0.1, 0.15) is 28.8 Å². The van der Waals surface area contributed by atoms with Crippen LogP contribution in [0.1, 0.15) is 10.4 Å². The van der Waals surface area contributed by atoms with Crippen molar-refractivity contribution in [3.8, 4) is 5.75 Å². The number of phenols is 1. The molecule has 1 aliphatic heterocycles. The molecule has 1 fully saturated rings. The van der Waals surface area contributed by atoms with Gasteiger partial charge in [0.25, 0.3) is 16.8 Å². The van der Waals surface area contributed by atoms with Crippen molar-refractivity contribution in [2.45, 2.75) is 0 Å². The number of carbonyl (C=O) groups is 1. The first-order chi connectivity index (χ1) is 15.2. The van der Waals surface area contributed by atoms with Crippen LogP contribution in [-0.4, -0.2) is 54.0 Å². The van der Waals surface area contributed by atoms with Crippen molar-refractivity contribution in [3.05, 3.63) is 74.0 Å². The van der Waals surface area contributed by atoms with E-state index >= 15 is 0 Å². The molecule has 0 bridgehead atoms. The molecule has 1 heterocycles. The Morgan fingerprint density at radius 3 is 2.16 bits per heavy atom. The summed E-state index contributed by atoms with van der Waals surface area (Å²) in [4.78, 5) is 40.7. The van der Waals surface area contributed by atoms with Gasteiger partial charge < -0.3 is 25.5 Å².